The molecule has 5 aromatic heterocycles. The zero-order valence-electron chi connectivity index (χ0n) is 13.4. The molecule has 0 spiro atoms. The Hall–Kier alpha value is -3.13. The van der Waals surface area contributed by atoms with Crippen molar-refractivity contribution in [3.8, 4) is 11.3 Å². The van der Waals surface area contributed by atoms with E-state index < -0.39 is 0 Å². The first-order valence-corrected chi connectivity index (χ1v) is 8.66. The summed E-state index contributed by atoms with van der Waals surface area (Å²) in [6.07, 6.45) is 5.57. The number of nitrogens with zero attached hydrogens (tertiary/aromatic N) is 7. The average molecular weight is 347 g/mol. The van der Waals surface area contributed by atoms with Crippen molar-refractivity contribution < 1.29 is 0 Å². The molecular weight excluding hydrogens is 334 g/mol. The van der Waals surface area contributed by atoms with Crippen LogP contribution < -0.4 is 0 Å². The molecule has 0 amide bonds. The highest BCUT2D eigenvalue weighted by atomic mass is 32.1. The SMILES string of the molecule is Cn1cc(-c2ccc3nnn(Cc4csc5ncccc45)c3n2)cn1. The summed E-state index contributed by atoms with van der Waals surface area (Å²) >= 11 is 1.64. The molecule has 0 aliphatic carbocycles. The molecule has 0 N–H and O–H groups in total. The van der Waals surface area contributed by atoms with Crippen LogP contribution >= 0.6 is 11.3 Å². The van der Waals surface area contributed by atoms with Crippen LogP contribution in [0.25, 0.3) is 32.6 Å². The van der Waals surface area contributed by atoms with Crippen LogP contribution in [0.1, 0.15) is 5.56 Å². The molecule has 0 aromatic carbocycles. The van der Waals surface area contributed by atoms with Crippen LogP contribution in [0.5, 0.6) is 0 Å². The van der Waals surface area contributed by atoms with E-state index in [0.29, 0.717) is 6.54 Å². The molecule has 0 bridgehead atoms. The molecule has 0 unspecified atom stereocenters. The highest BCUT2D eigenvalue weighted by Crippen LogP contribution is 2.25. The average Bonchev–Trinajstić information content (AvgIpc) is 3.35. The molecular formula is C17H13N7S. The van der Waals surface area contributed by atoms with Crippen LogP contribution in [0.15, 0.2) is 48.2 Å². The summed E-state index contributed by atoms with van der Waals surface area (Å²) in [6, 6.07) is 7.93. The van der Waals surface area contributed by atoms with Gasteiger partial charge in [-0.25, -0.2) is 14.6 Å². The second-order valence-electron chi connectivity index (χ2n) is 5.81. The van der Waals surface area contributed by atoms with Crippen molar-refractivity contribution in [3.63, 3.8) is 0 Å². The summed E-state index contributed by atoms with van der Waals surface area (Å²) in [5.74, 6) is 0. The first-order valence-electron chi connectivity index (χ1n) is 7.78. The highest BCUT2D eigenvalue weighted by Gasteiger charge is 2.12. The maximum atomic E-state index is 4.75. The number of aromatic nitrogens is 7. The van der Waals surface area contributed by atoms with Gasteiger partial charge in [0.15, 0.2) is 5.65 Å². The maximum absolute atomic E-state index is 4.75. The Morgan fingerprint density at radius 2 is 2.16 bits per heavy atom. The normalized spacial score (nSPS) is 11.6. The van der Waals surface area contributed by atoms with Crippen LogP contribution in [0.2, 0.25) is 0 Å². The molecule has 0 aliphatic rings. The third-order valence-corrected chi connectivity index (χ3v) is 5.06. The predicted octanol–water partition coefficient (Wildman–Crippen LogP) is 2.88. The Bertz CT molecular complexity index is 1200. The third kappa shape index (κ3) is 2.38. The fraction of sp³-hybridized carbons (Fsp3) is 0.118. The van der Waals surface area contributed by atoms with Gasteiger partial charge in [-0.1, -0.05) is 11.3 Å². The number of fused-ring (bicyclic) bond motifs is 2. The monoisotopic (exact) mass is 347 g/mol. The van der Waals surface area contributed by atoms with Crippen LogP contribution in [0.4, 0.5) is 0 Å². The first-order chi connectivity index (χ1) is 12.3. The lowest BCUT2D eigenvalue weighted by Crippen LogP contribution is -2.02. The van der Waals surface area contributed by atoms with Gasteiger partial charge in [-0.15, -0.1) is 16.4 Å². The molecule has 5 heterocycles. The Kier molecular flexibility index (Phi) is 3.10. The lowest BCUT2D eigenvalue weighted by molar-refractivity contribution is 0.668. The van der Waals surface area contributed by atoms with Gasteiger partial charge in [0.05, 0.1) is 18.4 Å². The van der Waals surface area contributed by atoms with Crippen molar-refractivity contribution >= 4 is 32.7 Å². The number of rotatable bonds is 3. The van der Waals surface area contributed by atoms with Crippen molar-refractivity contribution in [3.05, 3.63) is 53.8 Å². The molecule has 8 heteroatoms. The van der Waals surface area contributed by atoms with Gasteiger partial charge in [0.2, 0.25) is 0 Å². The number of aryl methyl sites for hydroxylation is 1. The minimum atomic E-state index is 0.617. The number of hydrogen-bond donors (Lipinski definition) is 0. The van der Waals surface area contributed by atoms with E-state index in [1.807, 2.05) is 42.3 Å². The van der Waals surface area contributed by atoms with Gasteiger partial charge in [0, 0.05) is 30.4 Å². The third-order valence-electron chi connectivity index (χ3n) is 4.11. The summed E-state index contributed by atoms with van der Waals surface area (Å²) in [7, 11) is 1.89. The smallest absolute Gasteiger partial charge is 0.179 e. The first kappa shape index (κ1) is 14.2. The van der Waals surface area contributed by atoms with Crippen molar-refractivity contribution in [1.82, 2.24) is 34.7 Å². The number of hydrogen-bond acceptors (Lipinski definition) is 6. The van der Waals surface area contributed by atoms with Crippen molar-refractivity contribution in [2.45, 2.75) is 6.54 Å². The largest absolute Gasteiger partial charge is 0.275 e. The predicted molar refractivity (Wildman–Crippen MR) is 96.2 cm³/mol. The summed E-state index contributed by atoms with van der Waals surface area (Å²) in [4.78, 5) is 10.2. The molecule has 0 radical (unpaired) electrons. The van der Waals surface area contributed by atoms with Crippen molar-refractivity contribution in [2.24, 2.45) is 7.05 Å². The molecule has 0 fully saturated rings. The molecule has 0 saturated heterocycles. The molecule has 0 saturated carbocycles. The van der Waals surface area contributed by atoms with Crippen LogP contribution in [0.3, 0.4) is 0 Å². The Morgan fingerprint density at radius 1 is 1.20 bits per heavy atom. The summed E-state index contributed by atoms with van der Waals surface area (Å²) in [6.45, 7) is 0.617. The van der Waals surface area contributed by atoms with E-state index in [1.54, 1.807) is 22.2 Å². The van der Waals surface area contributed by atoms with Gasteiger partial charge in [-0.05, 0) is 29.1 Å². The molecule has 0 atom stereocenters. The Balaban J connectivity index is 1.59. The van der Waals surface area contributed by atoms with Crippen LogP contribution in [0, 0.1) is 0 Å². The van der Waals surface area contributed by atoms with Crippen molar-refractivity contribution in [1.29, 1.82) is 0 Å². The molecule has 7 nitrogen and oxygen atoms in total. The fourth-order valence-corrected chi connectivity index (χ4v) is 3.78. The molecule has 5 aromatic rings. The van der Waals surface area contributed by atoms with Gasteiger partial charge in [0.1, 0.15) is 10.3 Å². The molecule has 5 rings (SSSR count). The molecule has 25 heavy (non-hydrogen) atoms. The second kappa shape index (κ2) is 5.45. The molecule has 0 aliphatic heterocycles. The van der Waals surface area contributed by atoms with E-state index >= 15 is 0 Å². The van der Waals surface area contributed by atoms with E-state index in [0.717, 1.165) is 32.6 Å². The summed E-state index contributed by atoms with van der Waals surface area (Å²) in [5.41, 5.74) is 4.56. The minimum Gasteiger partial charge on any atom is -0.275 e. The Labute approximate surface area is 146 Å². The lowest BCUT2D eigenvalue weighted by atomic mass is 10.2. The van der Waals surface area contributed by atoms with E-state index in [4.69, 9.17) is 4.98 Å². The van der Waals surface area contributed by atoms with Gasteiger partial charge in [0.25, 0.3) is 0 Å². The van der Waals surface area contributed by atoms with E-state index in [-0.39, 0.29) is 0 Å². The maximum Gasteiger partial charge on any atom is 0.179 e. The zero-order chi connectivity index (χ0) is 16.8. The van der Waals surface area contributed by atoms with Gasteiger partial charge < -0.3 is 0 Å². The van der Waals surface area contributed by atoms with Gasteiger partial charge in [-0.3, -0.25) is 4.68 Å². The zero-order valence-corrected chi connectivity index (χ0v) is 14.2. The second-order valence-corrected chi connectivity index (χ2v) is 6.66. The Morgan fingerprint density at radius 3 is 3.04 bits per heavy atom. The van der Waals surface area contributed by atoms with E-state index in [9.17, 15) is 0 Å². The molecule has 122 valence electrons. The summed E-state index contributed by atoms with van der Waals surface area (Å²) in [5, 5.41) is 16.0. The number of pyridine rings is 2. The highest BCUT2D eigenvalue weighted by molar-refractivity contribution is 7.16. The van der Waals surface area contributed by atoms with Gasteiger partial charge in [-0.2, -0.15) is 5.10 Å². The topological polar surface area (TPSA) is 74.3 Å². The van der Waals surface area contributed by atoms with E-state index in [2.05, 4.69) is 31.8 Å². The van der Waals surface area contributed by atoms with E-state index in [1.165, 1.54) is 5.56 Å². The minimum absolute atomic E-state index is 0.617. The van der Waals surface area contributed by atoms with Crippen LogP contribution in [-0.4, -0.2) is 34.7 Å². The number of thiophene rings is 1. The summed E-state index contributed by atoms with van der Waals surface area (Å²) < 4.78 is 3.60. The quantitative estimate of drug-likeness (QED) is 0.502. The van der Waals surface area contributed by atoms with Gasteiger partial charge >= 0.3 is 0 Å². The standard InChI is InChI=1S/C17H13N7S/c1-23-8-11(7-19-23)14-4-5-15-16(20-14)24(22-21-15)9-12-10-25-17-13(12)3-2-6-18-17/h2-8,10H,9H2,1H3. The lowest BCUT2D eigenvalue weighted by Gasteiger charge is -2.02. The van der Waals surface area contributed by atoms with Crippen LogP contribution in [-0.2, 0) is 13.6 Å². The van der Waals surface area contributed by atoms with Crippen molar-refractivity contribution in [2.75, 3.05) is 0 Å². The fourth-order valence-electron chi connectivity index (χ4n) is 2.88.